The van der Waals surface area contributed by atoms with Crippen LogP contribution < -0.4 is 9.64 Å². The minimum atomic E-state index is -2.05. The van der Waals surface area contributed by atoms with Crippen molar-refractivity contribution in [3.63, 3.8) is 0 Å². The van der Waals surface area contributed by atoms with Gasteiger partial charge in [-0.2, -0.15) is 0 Å². The maximum atomic E-state index is 13.4. The maximum Gasteiger partial charge on any atom is 0.311 e. The number of nitro groups is 1. The number of carbonyl (C=O) groups is 2. The fourth-order valence-electron chi connectivity index (χ4n) is 4.33. The Bertz CT molecular complexity index is 1240. The summed E-state index contributed by atoms with van der Waals surface area (Å²) in [6.07, 6.45) is 0.917. The summed E-state index contributed by atoms with van der Waals surface area (Å²) in [6, 6.07) is 20.6. The number of benzene rings is 3. The van der Waals surface area contributed by atoms with Gasteiger partial charge in [0.2, 0.25) is 0 Å². The van der Waals surface area contributed by atoms with Crippen LogP contribution in [0.25, 0.3) is 0 Å². The Morgan fingerprint density at radius 3 is 2.50 bits per heavy atom. The second-order valence-electron chi connectivity index (χ2n) is 8.17. The Morgan fingerprint density at radius 1 is 1.09 bits per heavy atom. The number of nitro benzene ring substituents is 1. The lowest BCUT2D eigenvalue weighted by molar-refractivity contribution is -0.385. The van der Waals surface area contributed by atoms with E-state index in [9.17, 15) is 24.8 Å². The summed E-state index contributed by atoms with van der Waals surface area (Å²) < 4.78 is 4.98. The molecule has 0 spiro atoms. The third-order valence-electron chi connectivity index (χ3n) is 6.04. The van der Waals surface area contributed by atoms with Crippen molar-refractivity contribution in [2.45, 2.75) is 24.9 Å². The molecule has 1 amide bonds. The van der Waals surface area contributed by atoms with E-state index in [0.717, 1.165) is 18.1 Å². The Morgan fingerprint density at radius 2 is 1.79 bits per heavy atom. The van der Waals surface area contributed by atoms with Crippen LogP contribution >= 0.6 is 0 Å². The van der Waals surface area contributed by atoms with E-state index in [1.807, 2.05) is 30.3 Å². The van der Waals surface area contributed by atoms with Crippen LogP contribution in [-0.2, 0) is 16.8 Å². The Hall–Kier alpha value is -4.04. The number of amides is 1. The highest BCUT2D eigenvalue weighted by Crippen LogP contribution is 2.43. The molecule has 3 aromatic rings. The summed E-state index contributed by atoms with van der Waals surface area (Å²) in [5, 5.41) is 22.8. The van der Waals surface area contributed by atoms with E-state index < -0.39 is 28.6 Å². The molecule has 1 heterocycles. The van der Waals surface area contributed by atoms with Gasteiger partial charge in [-0.1, -0.05) is 48.5 Å². The first-order chi connectivity index (χ1) is 16.3. The van der Waals surface area contributed by atoms with Crippen LogP contribution in [0.4, 0.5) is 11.4 Å². The summed E-state index contributed by atoms with van der Waals surface area (Å²) in [5.41, 5.74) is -0.314. The first-order valence-electron chi connectivity index (χ1n) is 10.9. The summed E-state index contributed by atoms with van der Waals surface area (Å²) in [6.45, 7) is 0.384. The van der Waals surface area contributed by atoms with Crippen LogP contribution in [0.2, 0.25) is 0 Å². The van der Waals surface area contributed by atoms with Gasteiger partial charge in [0.15, 0.2) is 17.1 Å². The first kappa shape index (κ1) is 23.1. The smallest absolute Gasteiger partial charge is 0.311 e. The highest BCUT2D eigenvalue weighted by molar-refractivity contribution is 6.10. The minimum absolute atomic E-state index is 0.0205. The molecule has 34 heavy (non-hydrogen) atoms. The molecule has 3 aromatic carbocycles. The number of fused-ring (bicyclic) bond motifs is 1. The number of Topliss-reactive ketones (excluding diaryl/α,β-unsaturated/α-hetero) is 1. The molecule has 4 rings (SSSR count). The molecular weight excluding hydrogens is 436 g/mol. The molecule has 0 saturated heterocycles. The largest absolute Gasteiger partial charge is 0.490 e. The van der Waals surface area contributed by atoms with E-state index in [2.05, 4.69) is 0 Å². The molecule has 0 bridgehead atoms. The van der Waals surface area contributed by atoms with Crippen molar-refractivity contribution >= 4 is 23.1 Å². The lowest BCUT2D eigenvalue weighted by Gasteiger charge is -2.23. The molecular formula is C26H24N2O6. The SMILES string of the molecule is COc1ccc(C(=O)CC2(O)C(=O)N(CCCc3ccccc3)c3ccccc32)cc1[N+](=O)[O-]. The van der Waals surface area contributed by atoms with E-state index >= 15 is 0 Å². The zero-order valence-corrected chi connectivity index (χ0v) is 18.6. The van der Waals surface area contributed by atoms with Crippen molar-refractivity contribution in [1.82, 2.24) is 0 Å². The lowest BCUT2D eigenvalue weighted by Crippen LogP contribution is -2.42. The average Bonchev–Trinajstić information content (AvgIpc) is 3.06. The van der Waals surface area contributed by atoms with E-state index in [1.54, 1.807) is 24.3 Å². The summed E-state index contributed by atoms with van der Waals surface area (Å²) in [5.74, 6) is -1.13. The number of methoxy groups -OCH3 is 1. The maximum absolute atomic E-state index is 13.4. The number of aryl methyl sites for hydroxylation is 1. The number of aliphatic hydroxyl groups is 1. The van der Waals surface area contributed by atoms with Crippen molar-refractivity contribution in [2.75, 3.05) is 18.6 Å². The van der Waals surface area contributed by atoms with Gasteiger partial charge in [0, 0.05) is 23.7 Å². The highest BCUT2D eigenvalue weighted by Gasteiger charge is 2.50. The molecule has 174 valence electrons. The van der Waals surface area contributed by atoms with Crippen LogP contribution in [0.15, 0.2) is 72.8 Å². The van der Waals surface area contributed by atoms with Crippen LogP contribution in [0, 0.1) is 10.1 Å². The van der Waals surface area contributed by atoms with Gasteiger partial charge in [0.05, 0.1) is 24.1 Å². The third kappa shape index (κ3) is 4.27. The molecule has 0 aromatic heterocycles. The number of ketones is 1. The predicted octanol–water partition coefficient (Wildman–Crippen LogP) is 4.04. The van der Waals surface area contributed by atoms with Gasteiger partial charge in [-0.3, -0.25) is 19.7 Å². The average molecular weight is 460 g/mol. The number of anilines is 1. The molecule has 0 aliphatic carbocycles. The monoisotopic (exact) mass is 460 g/mol. The molecule has 0 fully saturated rings. The molecule has 1 unspecified atom stereocenters. The molecule has 8 heteroatoms. The molecule has 0 saturated carbocycles. The lowest BCUT2D eigenvalue weighted by atomic mass is 9.88. The Balaban J connectivity index is 1.57. The predicted molar refractivity (Wildman–Crippen MR) is 126 cm³/mol. The van der Waals surface area contributed by atoms with Gasteiger partial charge in [-0.25, -0.2) is 0 Å². The van der Waals surface area contributed by atoms with Gasteiger partial charge in [0.25, 0.3) is 5.91 Å². The zero-order chi connectivity index (χ0) is 24.3. The normalized spacial score (nSPS) is 16.9. The number of carbonyl (C=O) groups excluding carboxylic acids is 2. The van der Waals surface area contributed by atoms with Crippen molar-refractivity contribution < 1.29 is 24.4 Å². The van der Waals surface area contributed by atoms with E-state index in [1.165, 1.54) is 24.1 Å². The van der Waals surface area contributed by atoms with Gasteiger partial charge >= 0.3 is 5.69 Å². The number of hydrogen-bond donors (Lipinski definition) is 1. The van der Waals surface area contributed by atoms with E-state index in [4.69, 9.17) is 4.74 Å². The quantitative estimate of drug-likeness (QED) is 0.293. The molecule has 8 nitrogen and oxygen atoms in total. The fraction of sp³-hybridized carbons (Fsp3) is 0.231. The van der Waals surface area contributed by atoms with Crippen molar-refractivity contribution in [2.24, 2.45) is 0 Å². The van der Waals surface area contributed by atoms with Gasteiger partial charge in [-0.15, -0.1) is 0 Å². The Kier molecular flexibility index (Phi) is 6.43. The van der Waals surface area contributed by atoms with Crippen LogP contribution in [0.5, 0.6) is 5.75 Å². The first-order valence-corrected chi connectivity index (χ1v) is 10.9. The molecule has 1 atom stereocenters. The summed E-state index contributed by atoms with van der Waals surface area (Å²) in [7, 11) is 1.30. The number of ether oxygens (including phenoxy) is 1. The number of rotatable bonds is 9. The molecule has 1 N–H and O–H groups in total. The van der Waals surface area contributed by atoms with Gasteiger partial charge < -0.3 is 14.7 Å². The van der Waals surface area contributed by atoms with Crippen molar-refractivity contribution in [3.8, 4) is 5.75 Å². The van der Waals surface area contributed by atoms with Crippen molar-refractivity contribution in [3.05, 3.63) is 99.6 Å². The standard InChI is InChI=1S/C26H24N2O6/c1-34-24-14-13-19(16-22(24)28(32)33)23(29)17-26(31)20-11-5-6-12-21(20)27(25(26)30)15-7-10-18-8-3-2-4-9-18/h2-6,8-9,11-14,16,31H,7,10,15,17H2,1H3. The topological polar surface area (TPSA) is 110 Å². The second-order valence-corrected chi connectivity index (χ2v) is 8.17. The summed E-state index contributed by atoms with van der Waals surface area (Å²) in [4.78, 5) is 38.6. The fourth-order valence-corrected chi connectivity index (χ4v) is 4.33. The second kappa shape index (κ2) is 9.44. The molecule has 1 aliphatic rings. The van der Waals surface area contributed by atoms with Crippen molar-refractivity contribution in [1.29, 1.82) is 0 Å². The molecule has 1 aliphatic heterocycles. The number of para-hydroxylation sites is 1. The van der Waals surface area contributed by atoms with E-state index in [-0.39, 0.29) is 17.0 Å². The third-order valence-corrected chi connectivity index (χ3v) is 6.04. The van der Waals surface area contributed by atoms with Crippen LogP contribution in [-0.4, -0.2) is 35.4 Å². The highest BCUT2D eigenvalue weighted by atomic mass is 16.6. The number of nitrogens with zero attached hydrogens (tertiary/aromatic N) is 2. The molecule has 0 radical (unpaired) electrons. The van der Waals surface area contributed by atoms with Crippen LogP contribution in [0.3, 0.4) is 0 Å². The minimum Gasteiger partial charge on any atom is -0.490 e. The Labute approximate surface area is 196 Å². The zero-order valence-electron chi connectivity index (χ0n) is 18.6. The van der Waals surface area contributed by atoms with E-state index in [0.29, 0.717) is 24.2 Å². The van der Waals surface area contributed by atoms with Gasteiger partial charge in [-0.05, 0) is 36.6 Å². The number of hydrogen-bond acceptors (Lipinski definition) is 6. The van der Waals surface area contributed by atoms with Crippen LogP contribution in [0.1, 0.15) is 34.3 Å². The summed E-state index contributed by atoms with van der Waals surface area (Å²) >= 11 is 0. The van der Waals surface area contributed by atoms with Gasteiger partial charge in [0.1, 0.15) is 0 Å².